The van der Waals surface area contributed by atoms with Crippen molar-refractivity contribution >= 4 is 49.9 Å². The molecule has 0 radical (unpaired) electrons. The summed E-state index contributed by atoms with van der Waals surface area (Å²) >= 11 is 8.24. The van der Waals surface area contributed by atoms with Crippen LogP contribution in [-0.2, 0) is 21.2 Å². The number of hydrogen-bond donors (Lipinski definition) is 0. The van der Waals surface area contributed by atoms with Crippen molar-refractivity contribution in [3.05, 3.63) is 62.7 Å². The van der Waals surface area contributed by atoms with E-state index in [2.05, 4.69) is 22.6 Å². The molecular weight excluding hydrogens is 501 g/mol. The molecular formula is C19H19ClINO4S. The van der Waals surface area contributed by atoms with Gasteiger partial charge in [-0.05, 0) is 71.0 Å². The van der Waals surface area contributed by atoms with Crippen molar-refractivity contribution in [3.8, 4) is 5.75 Å². The summed E-state index contributed by atoms with van der Waals surface area (Å²) in [6.45, 7) is 0.160. The minimum atomic E-state index is -3.11. The molecule has 5 nitrogen and oxygen atoms in total. The van der Waals surface area contributed by atoms with E-state index in [0.29, 0.717) is 23.7 Å². The molecule has 0 aliphatic carbocycles. The topological polar surface area (TPSA) is 63.7 Å². The summed E-state index contributed by atoms with van der Waals surface area (Å²) < 4.78 is 30.5. The highest BCUT2D eigenvalue weighted by atomic mass is 127. The van der Waals surface area contributed by atoms with Crippen LogP contribution in [0.2, 0.25) is 5.02 Å². The van der Waals surface area contributed by atoms with Gasteiger partial charge in [-0.3, -0.25) is 4.79 Å². The summed E-state index contributed by atoms with van der Waals surface area (Å²) in [5.74, 6) is 0.457. The Kier molecular flexibility index (Phi) is 6.65. The van der Waals surface area contributed by atoms with Crippen molar-refractivity contribution in [2.75, 3.05) is 18.1 Å². The normalized spacial score (nSPS) is 18.2. The Morgan fingerprint density at radius 3 is 2.59 bits per heavy atom. The summed E-state index contributed by atoms with van der Waals surface area (Å²) in [6.07, 6.45) is 0.443. The van der Waals surface area contributed by atoms with Crippen molar-refractivity contribution in [2.24, 2.45) is 0 Å². The van der Waals surface area contributed by atoms with E-state index >= 15 is 0 Å². The Balaban J connectivity index is 1.73. The standard InChI is InChI=1S/C19H19ClINO4S/c20-15-3-1-2-14(10-15)11-22(17-8-9-27(24,25)13-17)19(23)12-26-18-6-4-16(21)5-7-18/h1-7,10,17H,8-9,11-13H2. The molecule has 0 spiro atoms. The molecule has 1 atom stereocenters. The maximum Gasteiger partial charge on any atom is 0.261 e. The average molecular weight is 520 g/mol. The molecule has 2 aromatic rings. The second-order valence-electron chi connectivity index (χ2n) is 6.45. The summed E-state index contributed by atoms with van der Waals surface area (Å²) in [4.78, 5) is 14.4. The first-order valence-corrected chi connectivity index (χ1v) is 11.7. The summed E-state index contributed by atoms with van der Waals surface area (Å²) in [6, 6.07) is 14.3. The van der Waals surface area contributed by atoms with Crippen molar-refractivity contribution in [3.63, 3.8) is 0 Å². The highest BCUT2D eigenvalue weighted by Gasteiger charge is 2.34. The lowest BCUT2D eigenvalue weighted by molar-refractivity contribution is -0.136. The summed E-state index contributed by atoms with van der Waals surface area (Å²) in [5.41, 5.74) is 0.856. The fourth-order valence-electron chi connectivity index (χ4n) is 3.03. The molecule has 1 aliphatic heterocycles. The van der Waals surface area contributed by atoms with E-state index in [1.165, 1.54) is 0 Å². The highest BCUT2D eigenvalue weighted by molar-refractivity contribution is 14.1. The number of nitrogens with zero attached hydrogens (tertiary/aromatic N) is 1. The van der Waals surface area contributed by atoms with Gasteiger partial charge in [0.1, 0.15) is 5.75 Å². The average Bonchev–Trinajstić information content (AvgIpc) is 2.98. The summed E-state index contributed by atoms with van der Waals surface area (Å²) in [5, 5.41) is 0.578. The molecule has 0 N–H and O–H groups in total. The Morgan fingerprint density at radius 2 is 1.96 bits per heavy atom. The Morgan fingerprint density at radius 1 is 1.22 bits per heavy atom. The van der Waals surface area contributed by atoms with Crippen LogP contribution in [0.3, 0.4) is 0 Å². The molecule has 0 bridgehead atoms. The molecule has 1 unspecified atom stereocenters. The quantitative estimate of drug-likeness (QED) is 0.548. The van der Waals surface area contributed by atoms with Crippen LogP contribution in [0.4, 0.5) is 0 Å². The first kappa shape index (κ1) is 20.4. The van der Waals surface area contributed by atoms with Crippen LogP contribution in [-0.4, -0.2) is 43.4 Å². The molecule has 0 saturated carbocycles. The van der Waals surface area contributed by atoms with Gasteiger partial charge < -0.3 is 9.64 Å². The number of carbonyl (C=O) groups excluding carboxylic acids is 1. The third-order valence-electron chi connectivity index (χ3n) is 4.39. The number of ether oxygens (including phenoxy) is 1. The predicted octanol–water partition coefficient (Wildman–Crippen LogP) is 3.54. The molecule has 1 aliphatic rings. The number of amides is 1. The largest absolute Gasteiger partial charge is 0.484 e. The Labute approximate surface area is 177 Å². The molecule has 1 saturated heterocycles. The van der Waals surface area contributed by atoms with Crippen molar-refractivity contribution in [1.29, 1.82) is 0 Å². The van der Waals surface area contributed by atoms with E-state index in [9.17, 15) is 13.2 Å². The van der Waals surface area contributed by atoms with Crippen LogP contribution in [0.1, 0.15) is 12.0 Å². The van der Waals surface area contributed by atoms with Crippen LogP contribution in [0.5, 0.6) is 5.75 Å². The molecule has 1 fully saturated rings. The van der Waals surface area contributed by atoms with Crippen molar-refractivity contribution in [2.45, 2.75) is 19.0 Å². The second-order valence-corrected chi connectivity index (χ2v) is 10.4. The lowest BCUT2D eigenvalue weighted by Crippen LogP contribution is -2.43. The van der Waals surface area contributed by atoms with E-state index in [0.717, 1.165) is 9.13 Å². The van der Waals surface area contributed by atoms with E-state index in [1.54, 1.807) is 29.2 Å². The number of benzene rings is 2. The van der Waals surface area contributed by atoms with Gasteiger partial charge in [0, 0.05) is 21.2 Å². The van der Waals surface area contributed by atoms with Gasteiger partial charge in [0.2, 0.25) is 0 Å². The minimum Gasteiger partial charge on any atom is -0.484 e. The van der Waals surface area contributed by atoms with Crippen LogP contribution in [0, 0.1) is 3.57 Å². The molecule has 1 amide bonds. The minimum absolute atomic E-state index is 0.0111. The third kappa shape index (κ3) is 5.83. The molecule has 3 rings (SSSR count). The monoisotopic (exact) mass is 519 g/mol. The number of carbonyl (C=O) groups is 1. The maximum absolute atomic E-state index is 12.8. The predicted molar refractivity (Wildman–Crippen MR) is 114 cm³/mol. The Bertz CT molecular complexity index is 918. The molecule has 8 heteroatoms. The molecule has 0 aromatic heterocycles. The smallest absolute Gasteiger partial charge is 0.261 e. The zero-order valence-electron chi connectivity index (χ0n) is 14.5. The van der Waals surface area contributed by atoms with Crippen LogP contribution < -0.4 is 4.74 Å². The highest BCUT2D eigenvalue weighted by Crippen LogP contribution is 2.22. The van der Waals surface area contributed by atoms with E-state index in [1.807, 2.05) is 24.3 Å². The van der Waals surface area contributed by atoms with Crippen LogP contribution in [0.25, 0.3) is 0 Å². The van der Waals surface area contributed by atoms with Gasteiger partial charge in [-0.2, -0.15) is 0 Å². The van der Waals surface area contributed by atoms with Gasteiger partial charge in [0.15, 0.2) is 16.4 Å². The fraction of sp³-hybridized carbons (Fsp3) is 0.316. The maximum atomic E-state index is 12.8. The van der Waals surface area contributed by atoms with Crippen LogP contribution in [0.15, 0.2) is 48.5 Å². The van der Waals surface area contributed by atoms with Gasteiger partial charge in [-0.15, -0.1) is 0 Å². The second kappa shape index (κ2) is 8.79. The van der Waals surface area contributed by atoms with Gasteiger partial charge in [0.05, 0.1) is 11.5 Å². The van der Waals surface area contributed by atoms with E-state index < -0.39 is 9.84 Å². The number of halogens is 2. The molecule has 2 aromatic carbocycles. The SMILES string of the molecule is O=C(COc1ccc(I)cc1)N(Cc1cccc(Cl)c1)C1CCS(=O)(=O)C1. The van der Waals surface area contributed by atoms with Crippen LogP contribution >= 0.6 is 34.2 Å². The summed E-state index contributed by atoms with van der Waals surface area (Å²) in [7, 11) is -3.11. The molecule has 27 heavy (non-hydrogen) atoms. The lowest BCUT2D eigenvalue weighted by atomic mass is 10.1. The van der Waals surface area contributed by atoms with Crippen molar-refractivity contribution < 1.29 is 17.9 Å². The van der Waals surface area contributed by atoms with Gasteiger partial charge in [-0.25, -0.2) is 8.42 Å². The zero-order chi connectivity index (χ0) is 19.4. The fourth-order valence-corrected chi connectivity index (χ4v) is 5.34. The van der Waals surface area contributed by atoms with Crippen molar-refractivity contribution in [1.82, 2.24) is 4.90 Å². The zero-order valence-corrected chi connectivity index (χ0v) is 18.2. The first-order chi connectivity index (χ1) is 12.8. The van der Waals surface area contributed by atoms with Gasteiger partial charge >= 0.3 is 0 Å². The number of rotatable bonds is 6. The number of hydrogen-bond acceptors (Lipinski definition) is 4. The van der Waals surface area contributed by atoms with Gasteiger partial charge in [-0.1, -0.05) is 23.7 Å². The van der Waals surface area contributed by atoms with E-state index in [-0.39, 0.29) is 30.1 Å². The Hall–Kier alpha value is -1.32. The van der Waals surface area contributed by atoms with E-state index in [4.69, 9.17) is 16.3 Å². The molecule has 144 valence electrons. The molecule has 1 heterocycles. The third-order valence-corrected chi connectivity index (χ3v) is 7.09. The number of sulfone groups is 1. The first-order valence-electron chi connectivity index (χ1n) is 8.45. The lowest BCUT2D eigenvalue weighted by Gasteiger charge is -2.28. The van der Waals surface area contributed by atoms with Gasteiger partial charge in [0.25, 0.3) is 5.91 Å².